The molecule has 2 aliphatic heterocycles. The topological polar surface area (TPSA) is 47.6 Å². The fourth-order valence-corrected chi connectivity index (χ4v) is 2.94. The van der Waals surface area contributed by atoms with Crippen LogP contribution >= 0.6 is 11.6 Å². The number of aryl methyl sites for hydroxylation is 1. The summed E-state index contributed by atoms with van der Waals surface area (Å²) >= 11 is 6.48. The van der Waals surface area contributed by atoms with Gasteiger partial charge < -0.3 is 14.8 Å². The summed E-state index contributed by atoms with van der Waals surface area (Å²) in [5.41, 5.74) is 2.74. The molecule has 2 atom stereocenters. The van der Waals surface area contributed by atoms with Gasteiger partial charge in [-0.2, -0.15) is 0 Å². The lowest BCUT2D eigenvalue weighted by molar-refractivity contribution is -0.0892. The number of fused-ring (bicyclic) bond motifs is 1. The second-order valence-corrected chi connectivity index (χ2v) is 5.63. The first kappa shape index (κ1) is 13.9. The number of ether oxygens (including phenoxy) is 2. The summed E-state index contributed by atoms with van der Waals surface area (Å²) in [7, 11) is 0. The van der Waals surface area contributed by atoms with E-state index in [2.05, 4.69) is 5.32 Å². The molecule has 5 heteroatoms. The van der Waals surface area contributed by atoms with Gasteiger partial charge in [-0.05, 0) is 30.0 Å². The average molecular weight is 296 g/mol. The highest BCUT2D eigenvalue weighted by molar-refractivity contribution is 6.21. The molecule has 0 spiro atoms. The molecule has 0 radical (unpaired) electrons. The van der Waals surface area contributed by atoms with Gasteiger partial charge in [-0.25, -0.2) is 0 Å². The Labute approximate surface area is 123 Å². The normalized spacial score (nSPS) is 24.4. The number of hydrogen-bond donors (Lipinski definition) is 1. The van der Waals surface area contributed by atoms with Gasteiger partial charge in [-0.1, -0.05) is 12.1 Å². The van der Waals surface area contributed by atoms with Crippen LogP contribution in [0.5, 0.6) is 0 Å². The second-order valence-electron chi connectivity index (χ2n) is 5.16. The van der Waals surface area contributed by atoms with Crippen LogP contribution in [-0.4, -0.2) is 38.4 Å². The van der Waals surface area contributed by atoms with Crippen LogP contribution in [0, 0.1) is 0 Å². The number of benzene rings is 1. The van der Waals surface area contributed by atoms with E-state index in [1.54, 1.807) is 0 Å². The second kappa shape index (κ2) is 6.12. The molecule has 2 aliphatic rings. The average Bonchev–Trinajstić information content (AvgIpc) is 2.69. The molecule has 0 saturated carbocycles. The Bertz CT molecular complexity index is 500. The van der Waals surface area contributed by atoms with Crippen LogP contribution < -0.4 is 5.32 Å². The molecule has 2 unspecified atom stereocenters. The molecule has 0 aliphatic carbocycles. The molecule has 4 nitrogen and oxygen atoms in total. The summed E-state index contributed by atoms with van der Waals surface area (Å²) in [5.74, 6) is -0.0102. The van der Waals surface area contributed by atoms with Crippen molar-refractivity contribution < 1.29 is 14.3 Å². The van der Waals surface area contributed by atoms with Gasteiger partial charge >= 0.3 is 0 Å². The predicted octanol–water partition coefficient (Wildman–Crippen LogP) is 2.06. The molecule has 0 aromatic heterocycles. The minimum atomic E-state index is -0.295. The van der Waals surface area contributed by atoms with Gasteiger partial charge in [0.15, 0.2) is 0 Å². The Morgan fingerprint density at radius 3 is 3.05 bits per heavy atom. The fourth-order valence-electron chi connectivity index (χ4n) is 2.66. The molecule has 108 valence electrons. The van der Waals surface area contributed by atoms with Gasteiger partial charge in [0.05, 0.1) is 25.2 Å². The Hall–Kier alpha value is -1.10. The lowest BCUT2D eigenvalue weighted by Gasteiger charge is -2.27. The predicted molar refractivity (Wildman–Crippen MR) is 76.2 cm³/mol. The maximum Gasteiger partial charge on any atom is 0.251 e. The third-order valence-electron chi connectivity index (χ3n) is 3.77. The number of hydrogen-bond acceptors (Lipinski definition) is 3. The molecule has 1 saturated heterocycles. The molecule has 1 aromatic rings. The number of amides is 1. The summed E-state index contributed by atoms with van der Waals surface area (Å²) in [6, 6.07) is 5.90. The number of carbonyl (C=O) groups is 1. The highest BCUT2D eigenvalue weighted by atomic mass is 35.5. The number of carbonyl (C=O) groups excluding carboxylic acids is 1. The van der Waals surface area contributed by atoms with Crippen molar-refractivity contribution in [3.05, 3.63) is 34.9 Å². The minimum Gasteiger partial charge on any atom is -0.376 e. The maximum absolute atomic E-state index is 12.0. The molecular weight excluding hydrogens is 278 g/mol. The first-order valence-electron chi connectivity index (χ1n) is 7.00. The van der Waals surface area contributed by atoms with E-state index in [0.29, 0.717) is 19.8 Å². The van der Waals surface area contributed by atoms with E-state index in [4.69, 9.17) is 21.1 Å². The van der Waals surface area contributed by atoms with Crippen LogP contribution in [0.2, 0.25) is 0 Å². The van der Waals surface area contributed by atoms with Crippen molar-refractivity contribution in [2.24, 2.45) is 0 Å². The van der Waals surface area contributed by atoms with E-state index in [-0.39, 0.29) is 17.4 Å². The summed E-state index contributed by atoms with van der Waals surface area (Å²) in [4.78, 5) is 12.0. The van der Waals surface area contributed by atoms with Crippen LogP contribution in [0.4, 0.5) is 0 Å². The quantitative estimate of drug-likeness (QED) is 0.850. The smallest absolute Gasteiger partial charge is 0.251 e. The van der Waals surface area contributed by atoms with Crippen LogP contribution in [0.1, 0.15) is 33.3 Å². The first-order chi connectivity index (χ1) is 9.75. The first-order valence-corrected chi connectivity index (χ1v) is 7.44. The summed E-state index contributed by atoms with van der Waals surface area (Å²) < 4.78 is 11.0. The van der Waals surface area contributed by atoms with Crippen molar-refractivity contribution in [2.45, 2.75) is 24.3 Å². The number of halogens is 1. The standard InChI is InChI=1S/C15H18ClNO3/c16-14(13-9-19-6-7-20-13)11-4-3-10-2-1-5-17-15(18)12(10)8-11/h3-4,8,13-14H,1-2,5-7,9H2,(H,17,18). The molecule has 1 fully saturated rings. The van der Waals surface area contributed by atoms with Crippen molar-refractivity contribution in [2.75, 3.05) is 26.4 Å². The lowest BCUT2D eigenvalue weighted by atomic mass is 9.98. The van der Waals surface area contributed by atoms with Crippen molar-refractivity contribution >= 4 is 17.5 Å². The molecule has 2 heterocycles. The van der Waals surface area contributed by atoms with E-state index in [0.717, 1.165) is 36.1 Å². The molecule has 20 heavy (non-hydrogen) atoms. The lowest BCUT2D eigenvalue weighted by Crippen LogP contribution is -2.32. The Balaban J connectivity index is 1.85. The maximum atomic E-state index is 12.0. The zero-order chi connectivity index (χ0) is 13.9. The van der Waals surface area contributed by atoms with Crippen molar-refractivity contribution in [3.63, 3.8) is 0 Å². The minimum absolute atomic E-state index is 0.0102. The van der Waals surface area contributed by atoms with E-state index in [1.165, 1.54) is 0 Å². The zero-order valence-corrected chi connectivity index (χ0v) is 12.0. The molecule has 1 amide bonds. The van der Waals surface area contributed by atoms with Gasteiger partial charge in [0.1, 0.15) is 6.10 Å². The molecular formula is C15H18ClNO3. The van der Waals surface area contributed by atoms with Crippen molar-refractivity contribution in [1.82, 2.24) is 5.32 Å². The Morgan fingerprint density at radius 2 is 2.25 bits per heavy atom. The van der Waals surface area contributed by atoms with Crippen LogP contribution in [0.15, 0.2) is 18.2 Å². The Kier molecular flexibility index (Phi) is 4.24. The monoisotopic (exact) mass is 295 g/mol. The highest BCUT2D eigenvalue weighted by Gasteiger charge is 2.26. The fraction of sp³-hybridized carbons (Fsp3) is 0.533. The summed E-state index contributed by atoms with van der Waals surface area (Å²) in [5, 5.41) is 2.61. The van der Waals surface area contributed by atoms with Gasteiger partial charge in [0.2, 0.25) is 0 Å². The van der Waals surface area contributed by atoms with Gasteiger partial charge in [-0.15, -0.1) is 11.6 Å². The molecule has 1 N–H and O–H groups in total. The van der Waals surface area contributed by atoms with E-state index in [9.17, 15) is 4.79 Å². The molecule has 1 aromatic carbocycles. The van der Waals surface area contributed by atoms with Gasteiger partial charge in [-0.3, -0.25) is 4.79 Å². The van der Waals surface area contributed by atoms with Crippen LogP contribution in [0.3, 0.4) is 0 Å². The third-order valence-corrected chi connectivity index (χ3v) is 4.31. The van der Waals surface area contributed by atoms with Crippen molar-refractivity contribution in [3.8, 4) is 0 Å². The Morgan fingerprint density at radius 1 is 1.35 bits per heavy atom. The molecule has 3 rings (SSSR count). The highest BCUT2D eigenvalue weighted by Crippen LogP contribution is 2.30. The van der Waals surface area contributed by atoms with E-state index in [1.807, 2.05) is 18.2 Å². The third kappa shape index (κ3) is 2.82. The molecule has 0 bridgehead atoms. The number of rotatable bonds is 2. The SMILES string of the molecule is O=C1NCCCc2ccc(C(Cl)C3COCCO3)cc21. The van der Waals surface area contributed by atoms with Crippen LogP contribution in [0.25, 0.3) is 0 Å². The van der Waals surface area contributed by atoms with E-state index >= 15 is 0 Å². The largest absolute Gasteiger partial charge is 0.376 e. The summed E-state index contributed by atoms with van der Waals surface area (Å²) in [6.07, 6.45) is 1.74. The number of nitrogens with one attached hydrogen (secondary N) is 1. The van der Waals surface area contributed by atoms with Gasteiger partial charge in [0.25, 0.3) is 5.91 Å². The van der Waals surface area contributed by atoms with E-state index < -0.39 is 0 Å². The zero-order valence-electron chi connectivity index (χ0n) is 11.2. The number of alkyl halides is 1. The van der Waals surface area contributed by atoms with Gasteiger partial charge in [0, 0.05) is 12.1 Å². The van der Waals surface area contributed by atoms with Crippen molar-refractivity contribution in [1.29, 1.82) is 0 Å². The van der Waals surface area contributed by atoms with Crippen LogP contribution in [-0.2, 0) is 15.9 Å². The summed E-state index contributed by atoms with van der Waals surface area (Å²) in [6.45, 7) is 2.41.